The van der Waals surface area contributed by atoms with Gasteiger partial charge in [-0.05, 0) is 64.0 Å². The number of hydrogen-bond donors (Lipinski definition) is 7. The Kier molecular flexibility index (Phi) is 15.5. The Labute approximate surface area is 239 Å². The van der Waals surface area contributed by atoms with Gasteiger partial charge in [0.2, 0.25) is 11.8 Å². The molecule has 0 bridgehead atoms. The van der Waals surface area contributed by atoms with Crippen molar-refractivity contribution in [1.82, 2.24) is 15.5 Å². The number of likely N-dealkylation sites (tertiary alicyclic amines) is 1. The standard InChI is InChI=1S/C25H39N7O4.H2O4S/c1-17-9-11-18(12-10-17)22(34)29-13-3-2-7-20(26)24(36)32-15-5-8-21(32)23(35)31-19(16-33)6-4-14-30-25(27)28;1-5(2,3)4/h9-12,16,19-21H,2-8,13-15,26H2,1H3,(H,29,34)(H,31,35)(H4,27,28,30);(H2,1,2,3,4)/t19-,20+,21-;/m0./s1. The number of rotatable bonds is 14. The summed E-state index contributed by atoms with van der Waals surface area (Å²) in [5, 5.41) is 5.58. The summed E-state index contributed by atoms with van der Waals surface area (Å²) in [6.45, 7) is 3.26. The van der Waals surface area contributed by atoms with E-state index < -0.39 is 28.5 Å². The van der Waals surface area contributed by atoms with E-state index >= 15 is 0 Å². The lowest BCUT2D eigenvalue weighted by Crippen LogP contribution is -2.53. The summed E-state index contributed by atoms with van der Waals surface area (Å²) in [6.07, 6.45) is 4.62. The molecule has 1 heterocycles. The second-order valence-corrected chi connectivity index (χ2v) is 10.5. The van der Waals surface area contributed by atoms with Gasteiger partial charge in [-0.1, -0.05) is 17.7 Å². The van der Waals surface area contributed by atoms with Crippen LogP contribution >= 0.6 is 0 Å². The van der Waals surface area contributed by atoms with Crippen molar-refractivity contribution in [2.24, 2.45) is 22.2 Å². The number of benzene rings is 1. The van der Waals surface area contributed by atoms with Gasteiger partial charge >= 0.3 is 10.4 Å². The molecule has 0 spiro atoms. The van der Waals surface area contributed by atoms with Crippen LogP contribution in [0.5, 0.6) is 0 Å². The molecule has 0 aliphatic carbocycles. The number of guanidine groups is 1. The van der Waals surface area contributed by atoms with E-state index in [1.807, 2.05) is 19.1 Å². The maximum atomic E-state index is 12.9. The molecule has 0 aromatic heterocycles. The Balaban J connectivity index is 0.00000154. The van der Waals surface area contributed by atoms with Crippen molar-refractivity contribution < 1.29 is 36.7 Å². The normalized spacial score (nSPS) is 16.0. The molecule has 15 nitrogen and oxygen atoms in total. The summed E-state index contributed by atoms with van der Waals surface area (Å²) in [7, 11) is -4.67. The van der Waals surface area contributed by atoms with Crippen molar-refractivity contribution >= 4 is 40.4 Å². The van der Waals surface area contributed by atoms with Crippen LogP contribution in [0.3, 0.4) is 0 Å². The molecule has 1 aliphatic heterocycles. The van der Waals surface area contributed by atoms with Crippen LogP contribution in [0.4, 0.5) is 0 Å². The van der Waals surface area contributed by atoms with Gasteiger partial charge in [0.1, 0.15) is 12.3 Å². The highest BCUT2D eigenvalue weighted by atomic mass is 32.3. The predicted molar refractivity (Wildman–Crippen MR) is 152 cm³/mol. The highest BCUT2D eigenvalue weighted by molar-refractivity contribution is 7.79. The average molecular weight is 600 g/mol. The number of carbonyl (C=O) groups is 4. The number of aryl methyl sites for hydroxylation is 1. The van der Waals surface area contributed by atoms with Gasteiger partial charge in [0.25, 0.3) is 5.91 Å². The molecule has 0 radical (unpaired) electrons. The zero-order valence-corrected chi connectivity index (χ0v) is 23.9. The van der Waals surface area contributed by atoms with Gasteiger partial charge < -0.3 is 37.5 Å². The fourth-order valence-corrected chi connectivity index (χ4v) is 4.11. The van der Waals surface area contributed by atoms with E-state index in [9.17, 15) is 19.2 Å². The molecule has 0 saturated carbocycles. The topological polar surface area (TPSA) is 261 Å². The molecule has 3 amide bonds. The molecular weight excluding hydrogens is 558 g/mol. The number of aldehydes is 1. The summed E-state index contributed by atoms with van der Waals surface area (Å²) in [6, 6.07) is 5.30. The van der Waals surface area contributed by atoms with Crippen LogP contribution in [-0.2, 0) is 24.8 Å². The highest BCUT2D eigenvalue weighted by Crippen LogP contribution is 2.19. The summed E-state index contributed by atoms with van der Waals surface area (Å²) in [5.41, 5.74) is 18.4. The number of nitrogens with one attached hydrogen (secondary N) is 2. The number of hydrogen-bond acceptors (Lipinski definition) is 8. The Morgan fingerprint density at radius 1 is 1.12 bits per heavy atom. The first-order chi connectivity index (χ1) is 19.2. The van der Waals surface area contributed by atoms with Crippen LogP contribution in [0.2, 0.25) is 0 Å². The number of unbranched alkanes of at least 4 members (excludes halogenated alkanes) is 1. The molecule has 3 atom stereocenters. The first kappa shape index (κ1) is 35.4. The van der Waals surface area contributed by atoms with Crippen molar-refractivity contribution in [2.75, 3.05) is 19.6 Å². The van der Waals surface area contributed by atoms with Crippen LogP contribution in [0.15, 0.2) is 29.3 Å². The van der Waals surface area contributed by atoms with Crippen molar-refractivity contribution in [1.29, 1.82) is 0 Å². The number of nitrogens with two attached hydrogens (primary N) is 3. The number of carbonyl (C=O) groups excluding carboxylic acids is 4. The van der Waals surface area contributed by atoms with Crippen LogP contribution < -0.4 is 27.8 Å². The van der Waals surface area contributed by atoms with E-state index in [-0.39, 0.29) is 23.7 Å². The molecule has 16 heteroatoms. The van der Waals surface area contributed by atoms with E-state index in [0.29, 0.717) is 76.4 Å². The van der Waals surface area contributed by atoms with Crippen LogP contribution in [0.25, 0.3) is 0 Å². The summed E-state index contributed by atoms with van der Waals surface area (Å²) in [5.74, 6) is -0.783. The van der Waals surface area contributed by atoms with E-state index in [2.05, 4.69) is 15.6 Å². The fraction of sp³-hybridized carbons (Fsp3) is 0.560. The third-order valence-corrected chi connectivity index (χ3v) is 6.16. The second kappa shape index (κ2) is 18.0. The van der Waals surface area contributed by atoms with Gasteiger partial charge in [-0.3, -0.25) is 28.5 Å². The molecule has 10 N–H and O–H groups in total. The van der Waals surface area contributed by atoms with Gasteiger partial charge in [0.15, 0.2) is 5.96 Å². The molecule has 230 valence electrons. The van der Waals surface area contributed by atoms with Crippen LogP contribution in [-0.4, -0.2) is 90.2 Å². The summed E-state index contributed by atoms with van der Waals surface area (Å²) < 4.78 is 31.6. The van der Waals surface area contributed by atoms with Gasteiger partial charge in [0.05, 0.1) is 12.1 Å². The SMILES string of the molecule is Cc1ccc(C(=O)NCCCC[C@@H](N)C(=O)N2CCC[C@H]2C(=O)N[C@H](C=O)CCCN=C(N)N)cc1.O=S(=O)(O)O. The Morgan fingerprint density at radius 2 is 1.76 bits per heavy atom. The van der Waals surface area contributed by atoms with Gasteiger partial charge in [-0.25, -0.2) is 0 Å². The second-order valence-electron chi connectivity index (χ2n) is 9.56. The lowest BCUT2D eigenvalue weighted by molar-refractivity contribution is -0.140. The summed E-state index contributed by atoms with van der Waals surface area (Å²) in [4.78, 5) is 54.6. The zero-order chi connectivity index (χ0) is 31.0. The Morgan fingerprint density at radius 3 is 2.34 bits per heavy atom. The molecule has 1 aromatic rings. The smallest absolute Gasteiger partial charge is 0.370 e. The predicted octanol–water partition coefficient (Wildman–Crippen LogP) is -0.702. The summed E-state index contributed by atoms with van der Waals surface area (Å²) >= 11 is 0. The van der Waals surface area contributed by atoms with Gasteiger partial charge in [-0.15, -0.1) is 0 Å². The number of nitrogens with zero attached hydrogens (tertiary/aromatic N) is 2. The van der Waals surface area contributed by atoms with Crippen LogP contribution in [0, 0.1) is 6.92 Å². The molecule has 1 aliphatic rings. The van der Waals surface area contributed by atoms with E-state index in [1.165, 1.54) is 4.90 Å². The maximum Gasteiger partial charge on any atom is 0.394 e. The molecular formula is C25H41N7O8S. The highest BCUT2D eigenvalue weighted by Gasteiger charge is 2.36. The number of aliphatic imine (C=N–C) groups is 1. The zero-order valence-electron chi connectivity index (χ0n) is 23.1. The first-order valence-corrected chi connectivity index (χ1v) is 14.5. The van der Waals surface area contributed by atoms with Crippen molar-refractivity contribution in [3.8, 4) is 0 Å². The molecule has 1 fully saturated rings. The minimum absolute atomic E-state index is 0.0230. The van der Waals surface area contributed by atoms with Gasteiger partial charge in [0, 0.05) is 25.2 Å². The van der Waals surface area contributed by atoms with E-state index in [0.717, 1.165) is 5.56 Å². The van der Waals surface area contributed by atoms with Crippen molar-refractivity contribution in [3.63, 3.8) is 0 Å². The molecule has 0 unspecified atom stereocenters. The lowest BCUT2D eigenvalue weighted by atomic mass is 10.1. The molecule has 2 rings (SSSR count). The van der Waals surface area contributed by atoms with Gasteiger partial charge in [-0.2, -0.15) is 8.42 Å². The molecule has 41 heavy (non-hydrogen) atoms. The molecule has 1 saturated heterocycles. The molecule has 1 aromatic carbocycles. The average Bonchev–Trinajstić information content (AvgIpc) is 3.39. The quantitative estimate of drug-likeness (QED) is 0.0462. The largest absolute Gasteiger partial charge is 0.394 e. The fourth-order valence-electron chi connectivity index (χ4n) is 4.11. The van der Waals surface area contributed by atoms with E-state index in [1.54, 1.807) is 12.1 Å². The Hall–Kier alpha value is -3.60. The third kappa shape index (κ3) is 15.1. The minimum atomic E-state index is -4.67. The Bertz CT molecular complexity index is 1130. The van der Waals surface area contributed by atoms with Crippen molar-refractivity contribution in [2.45, 2.75) is 70.0 Å². The maximum absolute atomic E-state index is 12.9. The first-order valence-electron chi connectivity index (χ1n) is 13.1. The minimum Gasteiger partial charge on any atom is -0.370 e. The van der Waals surface area contributed by atoms with Crippen LogP contribution in [0.1, 0.15) is 60.9 Å². The van der Waals surface area contributed by atoms with Crippen molar-refractivity contribution in [3.05, 3.63) is 35.4 Å². The third-order valence-electron chi connectivity index (χ3n) is 6.16. The monoisotopic (exact) mass is 599 g/mol. The lowest BCUT2D eigenvalue weighted by Gasteiger charge is -2.27. The van der Waals surface area contributed by atoms with E-state index in [4.69, 9.17) is 34.7 Å². The number of amides is 3.